The second-order valence-corrected chi connectivity index (χ2v) is 5.10. The van der Waals surface area contributed by atoms with Gasteiger partial charge >= 0.3 is 5.97 Å². The van der Waals surface area contributed by atoms with Crippen molar-refractivity contribution in [1.82, 2.24) is 5.32 Å². The van der Waals surface area contributed by atoms with Crippen LogP contribution in [0.15, 0.2) is 24.3 Å². The molecule has 0 aliphatic heterocycles. The first kappa shape index (κ1) is 17.0. The summed E-state index contributed by atoms with van der Waals surface area (Å²) in [6.45, 7) is 1.82. The zero-order valence-corrected chi connectivity index (χ0v) is 12.6. The van der Waals surface area contributed by atoms with Crippen LogP contribution < -0.4 is 10.1 Å². The SMILES string of the molecule is COc1ccc(CCCC(=O)NC(C)CCC(=O)O)cc1. The normalized spacial score (nSPS) is 11.7. The number of carboxylic acids is 1. The van der Waals surface area contributed by atoms with Gasteiger partial charge in [-0.25, -0.2) is 0 Å². The number of amides is 1. The average Bonchev–Trinajstić information content (AvgIpc) is 2.46. The lowest BCUT2D eigenvalue weighted by atomic mass is 10.1. The second kappa shape index (κ2) is 9.00. The van der Waals surface area contributed by atoms with E-state index in [4.69, 9.17) is 9.84 Å². The lowest BCUT2D eigenvalue weighted by Gasteiger charge is -2.12. The van der Waals surface area contributed by atoms with E-state index in [0.717, 1.165) is 18.6 Å². The summed E-state index contributed by atoms with van der Waals surface area (Å²) in [4.78, 5) is 22.2. The number of ether oxygens (including phenoxy) is 1. The third kappa shape index (κ3) is 7.34. The Kier molecular flexibility index (Phi) is 7.29. The summed E-state index contributed by atoms with van der Waals surface area (Å²) in [5.74, 6) is -0.0410. The zero-order valence-electron chi connectivity index (χ0n) is 12.6. The largest absolute Gasteiger partial charge is 0.497 e. The first-order chi connectivity index (χ1) is 10.0. The molecule has 0 bridgehead atoms. The molecular formula is C16H23NO4. The molecule has 1 atom stereocenters. The van der Waals surface area contributed by atoms with E-state index in [1.165, 1.54) is 5.56 Å². The number of carboxylic acid groups (broad SMARTS) is 1. The molecule has 5 heteroatoms. The third-order valence-corrected chi connectivity index (χ3v) is 3.23. The summed E-state index contributed by atoms with van der Waals surface area (Å²) in [7, 11) is 1.63. The molecule has 0 heterocycles. The van der Waals surface area contributed by atoms with E-state index in [2.05, 4.69) is 5.32 Å². The van der Waals surface area contributed by atoms with E-state index in [9.17, 15) is 9.59 Å². The first-order valence-corrected chi connectivity index (χ1v) is 7.15. The molecule has 0 saturated carbocycles. The highest BCUT2D eigenvalue weighted by Crippen LogP contribution is 2.13. The average molecular weight is 293 g/mol. The number of carbonyl (C=O) groups is 2. The molecule has 0 radical (unpaired) electrons. The molecule has 0 fully saturated rings. The summed E-state index contributed by atoms with van der Waals surface area (Å²) < 4.78 is 5.09. The summed E-state index contributed by atoms with van der Waals surface area (Å²) in [6, 6.07) is 7.69. The molecule has 1 aromatic carbocycles. The van der Waals surface area contributed by atoms with Gasteiger partial charge in [0.1, 0.15) is 5.75 Å². The molecule has 5 nitrogen and oxygen atoms in total. The van der Waals surface area contributed by atoms with Gasteiger partial charge in [0.2, 0.25) is 5.91 Å². The molecule has 1 rings (SSSR count). The standard InChI is InChI=1S/C16H23NO4/c1-12(6-11-16(19)20)17-15(18)5-3-4-13-7-9-14(21-2)10-8-13/h7-10,12H,3-6,11H2,1-2H3,(H,17,18)(H,19,20). The van der Waals surface area contributed by atoms with Gasteiger partial charge in [-0.05, 0) is 43.9 Å². The van der Waals surface area contributed by atoms with Gasteiger partial charge in [-0.3, -0.25) is 9.59 Å². The second-order valence-electron chi connectivity index (χ2n) is 5.10. The Hall–Kier alpha value is -2.04. The molecule has 116 valence electrons. The smallest absolute Gasteiger partial charge is 0.303 e. The van der Waals surface area contributed by atoms with Crippen molar-refractivity contribution >= 4 is 11.9 Å². The summed E-state index contributed by atoms with van der Waals surface area (Å²) >= 11 is 0. The highest BCUT2D eigenvalue weighted by Gasteiger charge is 2.09. The van der Waals surface area contributed by atoms with Crippen molar-refractivity contribution in [2.75, 3.05) is 7.11 Å². The van der Waals surface area contributed by atoms with Gasteiger partial charge in [-0.1, -0.05) is 12.1 Å². The molecule has 0 aromatic heterocycles. The van der Waals surface area contributed by atoms with Crippen LogP contribution in [0.2, 0.25) is 0 Å². The molecule has 0 saturated heterocycles. The quantitative estimate of drug-likeness (QED) is 0.733. The van der Waals surface area contributed by atoms with Crippen molar-refractivity contribution in [2.24, 2.45) is 0 Å². The lowest BCUT2D eigenvalue weighted by molar-refractivity contribution is -0.137. The number of rotatable bonds is 9. The summed E-state index contributed by atoms with van der Waals surface area (Å²) in [6.07, 6.45) is 2.58. The van der Waals surface area contributed by atoms with Gasteiger partial charge in [0.05, 0.1) is 7.11 Å². The first-order valence-electron chi connectivity index (χ1n) is 7.15. The zero-order chi connectivity index (χ0) is 15.7. The molecule has 1 unspecified atom stereocenters. The number of nitrogens with one attached hydrogen (secondary N) is 1. The van der Waals surface area contributed by atoms with Crippen LogP contribution in [0.3, 0.4) is 0 Å². The van der Waals surface area contributed by atoms with Gasteiger partial charge in [0, 0.05) is 18.9 Å². The van der Waals surface area contributed by atoms with Gasteiger partial charge in [-0.15, -0.1) is 0 Å². The highest BCUT2D eigenvalue weighted by molar-refractivity contribution is 5.76. The van der Waals surface area contributed by atoms with E-state index in [-0.39, 0.29) is 18.4 Å². The van der Waals surface area contributed by atoms with Gasteiger partial charge in [-0.2, -0.15) is 0 Å². The monoisotopic (exact) mass is 293 g/mol. The van der Waals surface area contributed by atoms with Crippen molar-refractivity contribution in [3.63, 3.8) is 0 Å². The fourth-order valence-corrected chi connectivity index (χ4v) is 2.00. The maximum absolute atomic E-state index is 11.7. The van der Waals surface area contributed by atoms with Crippen molar-refractivity contribution in [3.8, 4) is 5.75 Å². The molecule has 0 spiro atoms. The number of aryl methyl sites for hydroxylation is 1. The Morgan fingerprint density at radius 2 is 1.90 bits per heavy atom. The summed E-state index contributed by atoms with van der Waals surface area (Å²) in [5.41, 5.74) is 1.17. The molecule has 0 aliphatic carbocycles. The third-order valence-electron chi connectivity index (χ3n) is 3.23. The molecule has 21 heavy (non-hydrogen) atoms. The maximum atomic E-state index is 11.7. The molecule has 1 aromatic rings. The molecule has 2 N–H and O–H groups in total. The van der Waals surface area contributed by atoms with E-state index in [1.54, 1.807) is 7.11 Å². The van der Waals surface area contributed by atoms with Crippen molar-refractivity contribution in [1.29, 1.82) is 0 Å². The van der Waals surface area contributed by atoms with Crippen molar-refractivity contribution in [3.05, 3.63) is 29.8 Å². The topological polar surface area (TPSA) is 75.6 Å². The van der Waals surface area contributed by atoms with Crippen LogP contribution in [0.5, 0.6) is 5.75 Å². The van der Waals surface area contributed by atoms with Crippen LogP contribution in [0.4, 0.5) is 0 Å². The minimum Gasteiger partial charge on any atom is -0.497 e. The van der Waals surface area contributed by atoms with E-state index < -0.39 is 5.97 Å². The van der Waals surface area contributed by atoms with E-state index in [0.29, 0.717) is 12.8 Å². The van der Waals surface area contributed by atoms with Crippen LogP contribution >= 0.6 is 0 Å². The fourth-order valence-electron chi connectivity index (χ4n) is 2.00. The lowest BCUT2D eigenvalue weighted by Crippen LogP contribution is -2.32. The molecule has 1 amide bonds. The van der Waals surface area contributed by atoms with Gasteiger partial charge < -0.3 is 15.2 Å². The van der Waals surface area contributed by atoms with Crippen LogP contribution in [0, 0.1) is 0 Å². The molecule has 0 aliphatic rings. The van der Waals surface area contributed by atoms with E-state index in [1.807, 2.05) is 31.2 Å². The van der Waals surface area contributed by atoms with Gasteiger partial charge in [0.15, 0.2) is 0 Å². The maximum Gasteiger partial charge on any atom is 0.303 e. The minimum atomic E-state index is -0.837. The van der Waals surface area contributed by atoms with Crippen LogP contribution in [0.25, 0.3) is 0 Å². The Bertz CT molecular complexity index is 456. The minimum absolute atomic E-state index is 0.0265. The van der Waals surface area contributed by atoms with E-state index >= 15 is 0 Å². The Balaban J connectivity index is 2.21. The number of hydrogen-bond acceptors (Lipinski definition) is 3. The van der Waals surface area contributed by atoms with Crippen molar-refractivity contribution in [2.45, 2.75) is 45.1 Å². The molecular weight excluding hydrogens is 270 g/mol. The van der Waals surface area contributed by atoms with Crippen molar-refractivity contribution < 1.29 is 19.4 Å². The predicted octanol–water partition coefficient (Wildman–Crippen LogP) is 2.39. The van der Waals surface area contributed by atoms with Crippen LogP contribution in [0.1, 0.15) is 38.2 Å². The number of benzene rings is 1. The van der Waals surface area contributed by atoms with Crippen LogP contribution in [-0.2, 0) is 16.0 Å². The predicted molar refractivity (Wildman–Crippen MR) is 80.4 cm³/mol. The Morgan fingerprint density at radius 3 is 2.48 bits per heavy atom. The Labute approximate surface area is 125 Å². The Morgan fingerprint density at radius 1 is 1.24 bits per heavy atom. The van der Waals surface area contributed by atoms with Gasteiger partial charge in [0.25, 0.3) is 0 Å². The highest BCUT2D eigenvalue weighted by atomic mass is 16.5. The summed E-state index contributed by atoms with van der Waals surface area (Å²) in [5, 5.41) is 11.4. The number of aliphatic carboxylic acids is 1. The number of carbonyl (C=O) groups excluding carboxylic acids is 1. The fraction of sp³-hybridized carbons (Fsp3) is 0.500. The van der Waals surface area contributed by atoms with Crippen LogP contribution in [-0.4, -0.2) is 30.1 Å². The number of hydrogen-bond donors (Lipinski definition) is 2. The number of methoxy groups -OCH3 is 1.